The highest BCUT2D eigenvalue weighted by atomic mass is 16.6. The third kappa shape index (κ3) is 3.74. The van der Waals surface area contributed by atoms with Crippen molar-refractivity contribution < 1.29 is 14.7 Å². The van der Waals surface area contributed by atoms with Crippen molar-refractivity contribution in [2.75, 3.05) is 81.5 Å². The van der Waals surface area contributed by atoms with Crippen LogP contribution >= 0.6 is 0 Å². The number of nitrogen functional groups attached to an aromatic ring is 1. The topological polar surface area (TPSA) is 110 Å². The van der Waals surface area contributed by atoms with Gasteiger partial charge in [-0.3, -0.25) is 10.1 Å². The summed E-state index contributed by atoms with van der Waals surface area (Å²) in [5.41, 5.74) is 5.80. The number of anilines is 3. The lowest BCUT2D eigenvalue weighted by atomic mass is 10.3. The van der Waals surface area contributed by atoms with Crippen molar-refractivity contribution in [3.63, 3.8) is 0 Å². The molecule has 0 unspecified atom stereocenters. The summed E-state index contributed by atoms with van der Waals surface area (Å²) < 4.78 is 0. The number of hydrogen-bond acceptors (Lipinski definition) is 7. The molecule has 0 spiro atoms. The van der Waals surface area contributed by atoms with Gasteiger partial charge in [-0.1, -0.05) is 0 Å². The van der Waals surface area contributed by atoms with E-state index >= 15 is 0 Å². The second-order valence-electron chi connectivity index (χ2n) is 6.87. The fraction of sp³-hybridized carbons (Fsp3) is 0.733. The van der Waals surface area contributed by atoms with Gasteiger partial charge in [0.15, 0.2) is 0 Å². The van der Waals surface area contributed by atoms with Gasteiger partial charge in [0.2, 0.25) is 17.6 Å². The number of nitrogens with one attached hydrogen (secondary N) is 2. The lowest BCUT2D eigenvalue weighted by Crippen LogP contribution is -3.14. The van der Waals surface area contributed by atoms with E-state index in [-0.39, 0.29) is 11.5 Å². The average Bonchev–Trinajstić information content (AvgIpc) is 2.61. The molecule has 0 radical (unpaired) electrons. The molecular formula is C15H28N8O2+2. The van der Waals surface area contributed by atoms with Crippen LogP contribution in [0.1, 0.15) is 6.92 Å². The lowest BCUT2D eigenvalue weighted by molar-refractivity contribution is -0.898. The second kappa shape index (κ2) is 7.36. The molecule has 1 aromatic rings. The number of hydrogen-bond donors (Lipinski definition) is 3. The summed E-state index contributed by atoms with van der Waals surface area (Å²) in [5, 5.41) is 11.5. The smallest absolute Gasteiger partial charge is 0.353 e. The molecule has 10 heteroatoms. The highest BCUT2D eigenvalue weighted by molar-refractivity contribution is 5.71. The standard InChI is InChI=1S/C15H26N8O2/c1-3-20-6-10-21(11-7-20)14-12(23(24)25)13(16)17-15(18-14)22-8-4-19(2)5-9-22/h3-11H2,1-2H3,(H2,16,17,18)/p+2. The number of piperazine rings is 2. The van der Waals surface area contributed by atoms with E-state index in [0.717, 1.165) is 58.9 Å². The Morgan fingerprint density at radius 1 is 1.12 bits per heavy atom. The molecule has 0 aliphatic carbocycles. The molecule has 138 valence electrons. The fourth-order valence-electron chi connectivity index (χ4n) is 3.46. The van der Waals surface area contributed by atoms with E-state index in [1.807, 2.05) is 4.90 Å². The lowest BCUT2D eigenvalue weighted by Gasteiger charge is -2.33. The fourth-order valence-corrected chi connectivity index (χ4v) is 3.46. The first kappa shape index (κ1) is 17.6. The molecule has 0 atom stereocenters. The van der Waals surface area contributed by atoms with E-state index in [9.17, 15) is 10.1 Å². The zero-order valence-electron chi connectivity index (χ0n) is 15.0. The van der Waals surface area contributed by atoms with Gasteiger partial charge in [-0.2, -0.15) is 9.97 Å². The molecule has 3 heterocycles. The Hall–Kier alpha value is -2.20. The molecule has 1 aromatic heterocycles. The maximum absolute atomic E-state index is 11.5. The third-order valence-corrected chi connectivity index (χ3v) is 5.23. The van der Waals surface area contributed by atoms with Crippen molar-refractivity contribution in [1.29, 1.82) is 0 Å². The summed E-state index contributed by atoms with van der Waals surface area (Å²) in [6.45, 7) is 10.3. The van der Waals surface area contributed by atoms with Crippen LogP contribution in [0.4, 0.5) is 23.3 Å². The van der Waals surface area contributed by atoms with Gasteiger partial charge in [-0.05, 0) is 6.92 Å². The Labute approximate surface area is 147 Å². The van der Waals surface area contributed by atoms with Crippen molar-refractivity contribution in [3.8, 4) is 0 Å². The Bertz CT molecular complexity index is 624. The second-order valence-corrected chi connectivity index (χ2v) is 6.87. The van der Waals surface area contributed by atoms with E-state index in [4.69, 9.17) is 5.73 Å². The largest absolute Gasteiger partial charge is 0.378 e. The Balaban J connectivity index is 1.90. The first-order chi connectivity index (χ1) is 12.0. The van der Waals surface area contributed by atoms with E-state index in [0.29, 0.717) is 11.8 Å². The molecule has 2 aliphatic rings. The average molecular weight is 352 g/mol. The number of likely N-dealkylation sites (N-methyl/N-ethyl adjacent to an activating group) is 2. The van der Waals surface area contributed by atoms with Crippen LogP contribution in [-0.4, -0.2) is 80.8 Å². The van der Waals surface area contributed by atoms with Crippen molar-refractivity contribution in [1.82, 2.24) is 9.97 Å². The van der Waals surface area contributed by atoms with Crippen LogP contribution in [0.5, 0.6) is 0 Å². The van der Waals surface area contributed by atoms with E-state index < -0.39 is 4.92 Å². The van der Waals surface area contributed by atoms with Crippen molar-refractivity contribution in [2.24, 2.45) is 0 Å². The minimum absolute atomic E-state index is 0.0402. The molecule has 2 fully saturated rings. The SMILES string of the molecule is CC[NH+]1CCN(c2nc(N3CC[NH+](C)CC3)nc(N)c2[N+](=O)[O-])CC1. The van der Waals surface area contributed by atoms with Crippen LogP contribution in [0.2, 0.25) is 0 Å². The third-order valence-electron chi connectivity index (χ3n) is 5.23. The summed E-state index contributed by atoms with van der Waals surface area (Å²) in [6.07, 6.45) is 0. The van der Waals surface area contributed by atoms with Gasteiger partial charge in [0.05, 0.1) is 70.9 Å². The summed E-state index contributed by atoms with van der Waals surface area (Å²) in [4.78, 5) is 26.9. The zero-order chi connectivity index (χ0) is 18.0. The predicted octanol–water partition coefficient (Wildman–Crippen LogP) is -2.97. The van der Waals surface area contributed by atoms with Crippen LogP contribution in [0.15, 0.2) is 0 Å². The Morgan fingerprint density at radius 3 is 2.28 bits per heavy atom. The molecule has 4 N–H and O–H groups in total. The molecular weight excluding hydrogens is 324 g/mol. The summed E-state index contributed by atoms with van der Waals surface area (Å²) >= 11 is 0. The van der Waals surface area contributed by atoms with E-state index in [2.05, 4.69) is 28.8 Å². The minimum atomic E-state index is -0.457. The van der Waals surface area contributed by atoms with Crippen LogP contribution in [0.25, 0.3) is 0 Å². The van der Waals surface area contributed by atoms with E-state index in [1.54, 1.807) is 0 Å². The van der Waals surface area contributed by atoms with Gasteiger partial charge in [-0.25, -0.2) is 0 Å². The maximum atomic E-state index is 11.5. The first-order valence-electron chi connectivity index (χ1n) is 8.96. The van der Waals surface area contributed by atoms with Crippen LogP contribution < -0.4 is 25.3 Å². The van der Waals surface area contributed by atoms with E-state index in [1.165, 1.54) is 9.80 Å². The molecule has 0 saturated carbocycles. The van der Waals surface area contributed by atoms with Gasteiger partial charge < -0.3 is 25.3 Å². The molecule has 0 bridgehead atoms. The van der Waals surface area contributed by atoms with Gasteiger partial charge in [0.25, 0.3) is 0 Å². The van der Waals surface area contributed by atoms with Crippen molar-refractivity contribution in [3.05, 3.63) is 10.1 Å². The molecule has 3 rings (SSSR count). The Morgan fingerprint density at radius 2 is 1.72 bits per heavy atom. The molecule has 2 saturated heterocycles. The number of nitro groups is 1. The highest BCUT2D eigenvalue weighted by Gasteiger charge is 2.32. The van der Waals surface area contributed by atoms with Crippen LogP contribution in [0, 0.1) is 10.1 Å². The monoisotopic (exact) mass is 352 g/mol. The normalized spacial score (nSPS) is 20.1. The van der Waals surface area contributed by atoms with Gasteiger partial charge in [0.1, 0.15) is 0 Å². The molecule has 0 aromatic carbocycles. The molecule has 0 amide bonds. The quantitative estimate of drug-likeness (QED) is 0.392. The minimum Gasteiger partial charge on any atom is -0.378 e. The highest BCUT2D eigenvalue weighted by Crippen LogP contribution is 2.32. The first-order valence-corrected chi connectivity index (χ1v) is 8.96. The number of quaternary nitrogens is 2. The molecule has 25 heavy (non-hydrogen) atoms. The molecule has 2 aliphatic heterocycles. The molecule has 10 nitrogen and oxygen atoms in total. The number of rotatable bonds is 4. The maximum Gasteiger partial charge on any atom is 0.353 e. The summed E-state index contributed by atoms with van der Waals surface area (Å²) in [7, 11) is 2.16. The zero-order valence-corrected chi connectivity index (χ0v) is 15.0. The Kier molecular flexibility index (Phi) is 5.19. The van der Waals surface area contributed by atoms with Gasteiger partial charge in [-0.15, -0.1) is 0 Å². The summed E-state index contributed by atoms with van der Waals surface area (Å²) in [6, 6.07) is 0. The van der Waals surface area contributed by atoms with Gasteiger partial charge >= 0.3 is 5.69 Å². The number of aromatic nitrogens is 2. The van der Waals surface area contributed by atoms with Crippen LogP contribution in [0.3, 0.4) is 0 Å². The predicted molar refractivity (Wildman–Crippen MR) is 95.4 cm³/mol. The van der Waals surface area contributed by atoms with Crippen molar-refractivity contribution in [2.45, 2.75) is 6.92 Å². The number of nitrogens with zero attached hydrogens (tertiary/aromatic N) is 5. The van der Waals surface area contributed by atoms with Crippen LogP contribution in [-0.2, 0) is 0 Å². The van der Waals surface area contributed by atoms with Gasteiger partial charge in [0, 0.05) is 0 Å². The summed E-state index contributed by atoms with van der Waals surface area (Å²) in [5.74, 6) is 0.839. The van der Waals surface area contributed by atoms with Crippen molar-refractivity contribution >= 4 is 23.3 Å². The number of nitrogens with two attached hydrogens (primary N) is 1.